The molecule has 0 spiro atoms. The highest BCUT2D eigenvalue weighted by atomic mass is 32.2. The van der Waals surface area contributed by atoms with Gasteiger partial charge in [-0.05, 0) is 56.2 Å². The maximum atomic E-state index is 13.0. The summed E-state index contributed by atoms with van der Waals surface area (Å²) in [5.41, 5.74) is 1.89. The number of ether oxygens (including phenoxy) is 2. The number of methoxy groups -OCH3 is 1. The Kier molecular flexibility index (Phi) is 6.50. The van der Waals surface area contributed by atoms with Gasteiger partial charge >= 0.3 is 0 Å². The molecule has 0 fully saturated rings. The number of amides is 1. The van der Waals surface area contributed by atoms with Gasteiger partial charge in [0.05, 0.1) is 25.1 Å². The van der Waals surface area contributed by atoms with E-state index in [4.69, 9.17) is 9.47 Å². The predicted molar refractivity (Wildman–Crippen MR) is 121 cm³/mol. The lowest BCUT2D eigenvalue weighted by molar-refractivity contribution is -0.120. The first-order chi connectivity index (χ1) is 14.5. The molecule has 31 heavy (non-hydrogen) atoms. The summed E-state index contributed by atoms with van der Waals surface area (Å²) < 4.78 is 37.3. The van der Waals surface area contributed by atoms with Gasteiger partial charge in [0, 0.05) is 12.0 Å². The van der Waals surface area contributed by atoms with Crippen LogP contribution >= 0.6 is 0 Å². The van der Waals surface area contributed by atoms with Crippen LogP contribution in [-0.4, -0.2) is 39.8 Å². The summed E-state index contributed by atoms with van der Waals surface area (Å²) >= 11 is 0. The van der Waals surface area contributed by atoms with E-state index in [0.29, 0.717) is 23.6 Å². The molecule has 1 aliphatic rings. The van der Waals surface area contributed by atoms with Gasteiger partial charge in [-0.3, -0.25) is 9.10 Å². The molecular weight excluding hydrogens is 416 g/mol. The van der Waals surface area contributed by atoms with Crippen molar-refractivity contribution >= 4 is 21.6 Å². The molecule has 1 unspecified atom stereocenters. The fourth-order valence-corrected chi connectivity index (χ4v) is 4.61. The van der Waals surface area contributed by atoms with E-state index in [1.807, 2.05) is 51.1 Å². The lowest BCUT2D eigenvalue weighted by Gasteiger charge is -2.38. The van der Waals surface area contributed by atoms with Crippen LogP contribution in [0.2, 0.25) is 0 Å². The quantitative estimate of drug-likeness (QED) is 0.704. The number of nitrogens with one attached hydrogen (secondary N) is 1. The summed E-state index contributed by atoms with van der Waals surface area (Å²) in [4.78, 5) is 13.0. The van der Waals surface area contributed by atoms with Crippen molar-refractivity contribution in [3.63, 3.8) is 0 Å². The van der Waals surface area contributed by atoms with Gasteiger partial charge in [-0.2, -0.15) is 0 Å². The van der Waals surface area contributed by atoms with Crippen molar-refractivity contribution in [1.82, 2.24) is 5.32 Å². The number of rotatable bonds is 7. The second-order valence-corrected chi connectivity index (χ2v) is 10.3. The normalized spacial score (nSPS) is 17.3. The van der Waals surface area contributed by atoms with Crippen LogP contribution in [0.5, 0.6) is 11.5 Å². The minimum atomic E-state index is -3.64. The molecule has 2 aromatic carbocycles. The highest BCUT2D eigenvalue weighted by Crippen LogP contribution is 2.41. The maximum Gasteiger partial charge on any atom is 0.241 e. The number of benzene rings is 2. The Morgan fingerprint density at radius 3 is 2.48 bits per heavy atom. The molecule has 168 valence electrons. The van der Waals surface area contributed by atoms with Crippen LogP contribution in [0.25, 0.3) is 0 Å². The predicted octanol–water partition coefficient (Wildman–Crippen LogP) is 3.44. The van der Waals surface area contributed by atoms with Crippen molar-refractivity contribution in [2.45, 2.75) is 45.3 Å². The van der Waals surface area contributed by atoms with Crippen molar-refractivity contribution in [1.29, 1.82) is 0 Å². The lowest BCUT2D eigenvalue weighted by Crippen LogP contribution is -2.45. The van der Waals surface area contributed by atoms with Crippen LogP contribution in [0.1, 0.15) is 44.4 Å². The van der Waals surface area contributed by atoms with E-state index < -0.39 is 15.6 Å². The van der Waals surface area contributed by atoms with E-state index in [-0.39, 0.29) is 18.5 Å². The molecule has 0 radical (unpaired) electrons. The number of sulfonamides is 1. The highest BCUT2D eigenvalue weighted by Gasteiger charge is 2.35. The molecule has 1 amide bonds. The number of carbonyl (C=O) groups is 1. The van der Waals surface area contributed by atoms with Crippen molar-refractivity contribution < 1.29 is 22.7 Å². The van der Waals surface area contributed by atoms with Crippen molar-refractivity contribution in [3.05, 3.63) is 53.6 Å². The van der Waals surface area contributed by atoms with Crippen LogP contribution in [0.15, 0.2) is 42.5 Å². The second-order valence-electron chi connectivity index (χ2n) is 8.38. The van der Waals surface area contributed by atoms with Crippen molar-refractivity contribution in [2.75, 3.05) is 24.2 Å². The van der Waals surface area contributed by atoms with Gasteiger partial charge in [0.1, 0.15) is 23.6 Å². The standard InChI is InChI=1S/C23H30N2O5S/c1-6-16-7-9-17(10-8-16)25(31(5,27)28)15-22(26)24-20-14-23(2,3)30-21-12-11-18(29-4)13-19(20)21/h7-13,20H,6,14-15H2,1-5H3,(H,24,26). The van der Waals surface area contributed by atoms with E-state index in [1.54, 1.807) is 19.2 Å². The van der Waals surface area contributed by atoms with Gasteiger partial charge in [-0.25, -0.2) is 8.42 Å². The third-order valence-corrected chi connectivity index (χ3v) is 6.47. The molecule has 1 N–H and O–H groups in total. The fraction of sp³-hybridized carbons (Fsp3) is 0.435. The smallest absolute Gasteiger partial charge is 0.241 e. The van der Waals surface area contributed by atoms with Crippen LogP contribution in [0, 0.1) is 0 Å². The van der Waals surface area contributed by atoms with Gasteiger partial charge in [-0.15, -0.1) is 0 Å². The first kappa shape index (κ1) is 22.9. The molecule has 0 bridgehead atoms. The topological polar surface area (TPSA) is 84.9 Å². The molecule has 3 rings (SSSR count). The number of aryl methyl sites for hydroxylation is 1. The van der Waals surface area contributed by atoms with E-state index in [9.17, 15) is 13.2 Å². The summed E-state index contributed by atoms with van der Waals surface area (Å²) in [6, 6.07) is 12.3. The number of hydrogen-bond donors (Lipinski definition) is 1. The van der Waals surface area contributed by atoms with Gasteiger partial charge < -0.3 is 14.8 Å². The molecule has 0 saturated heterocycles. The maximum absolute atomic E-state index is 13.0. The SMILES string of the molecule is CCc1ccc(N(CC(=O)NC2CC(C)(C)Oc3ccc(OC)cc32)S(C)(=O)=O)cc1. The average Bonchev–Trinajstić information content (AvgIpc) is 2.70. The number of nitrogens with zero attached hydrogens (tertiary/aromatic N) is 1. The summed E-state index contributed by atoms with van der Waals surface area (Å²) in [5.74, 6) is 0.953. The zero-order chi connectivity index (χ0) is 22.8. The number of carbonyl (C=O) groups excluding carboxylic acids is 1. The van der Waals surface area contributed by atoms with Crippen molar-refractivity contribution in [2.24, 2.45) is 0 Å². The minimum absolute atomic E-state index is 0.304. The van der Waals surface area contributed by atoms with Gasteiger partial charge in [0.25, 0.3) is 0 Å². The molecule has 1 heterocycles. The van der Waals surface area contributed by atoms with Crippen LogP contribution in [0.4, 0.5) is 5.69 Å². The number of anilines is 1. The molecule has 0 saturated carbocycles. The molecule has 1 atom stereocenters. The first-order valence-electron chi connectivity index (χ1n) is 10.3. The summed E-state index contributed by atoms with van der Waals surface area (Å²) in [6.07, 6.45) is 2.50. The molecule has 1 aliphatic heterocycles. The van der Waals surface area contributed by atoms with Gasteiger partial charge in [0.15, 0.2) is 0 Å². The highest BCUT2D eigenvalue weighted by molar-refractivity contribution is 7.92. The number of fused-ring (bicyclic) bond motifs is 1. The minimum Gasteiger partial charge on any atom is -0.497 e. The summed E-state index contributed by atoms with van der Waals surface area (Å²) in [5, 5.41) is 3.00. The number of hydrogen-bond acceptors (Lipinski definition) is 5. The monoisotopic (exact) mass is 446 g/mol. The van der Waals surface area contributed by atoms with Gasteiger partial charge in [-0.1, -0.05) is 19.1 Å². The lowest BCUT2D eigenvalue weighted by atomic mass is 9.89. The first-order valence-corrected chi connectivity index (χ1v) is 12.1. The van der Waals surface area contributed by atoms with Crippen LogP contribution in [0.3, 0.4) is 0 Å². The van der Waals surface area contributed by atoms with Crippen molar-refractivity contribution in [3.8, 4) is 11.5 Å². The van der Waals surface area contributed by atoms with E-state index in [2.05, 4.69) is 5.32 Å². The van der Waals surface area contributed by atoms with E-state index in [0.717, 1.165) is 28.1 Å². The van der Waals surface area contributed by atoms with E-state index in [1.165, 1.54) is 0 Å². The molecule has 0 aliphatic carbocycles. The Bertz CT molecular complexity index is 1050. The van der Waals surface area contributed by atoms with Gasteiger partial charge in [0.2, 0.25) is 15.9 Å². The molecule has 8 heteroatoms. The molecule has 7 nitrogen and oxygen atoms in total. The van der Waals surface area contributed by atoms with Crippen LogP contribution in [-0.2, 0) is 21.2 Å². The average molecular weight is 447 g/mol. The molecule has 2 aromatic rings. The zero-order valence-corrected chi connectivity index (χ0v) is 19.5. The second kappa shape index (κ2) is 8.78. The molecule has 0 aromatic heterocycles. The third kappa shape index (κ3) is 5.50. The Morgan fingerprint density at radius 2 is 1.90 bits per heavy atom. The fourth-order valence-electron chi connectivity index (χ4n) is 3.76. The summed E-state index contributed by atoms with van der Waals surface area (Å²) in [7, 11) is -2.06. The Balaban J connectivity index is 1.84. The Morgan fingerprint density at radius 1 is 1.23 bits per heavy atom. The zero-order valence-electron chi connectivity index (χ0n) is 18.6. The van der Waals surface area contributed by atoms with E-state index >= 15 is 0 Å². The molecular formula is C23H30N2O5S. The third-order valence-electron chi connectivity index (χ3n) is 5.33. The van der Waals surface area contributed by atoms with Crippen LogP contribution < -0.4 is 19.1 Å². The Hall–Kier alpha value is -2.74. The largest absolute Gasteiger partial charge is 0.497 e. The summed E-state index contributed by atoms with van der Waals surface area (Å²) in [6.45, 7) is 5.63. The Labute approximate surface area is 184 Å².